The van der Waals surface area contributed by atoms with E-state index in [0.717, 1.165) is 26.2 Å². The summed E-state index contributed by atoms with van der Waals surface area (Å²) in [6, 6.07) is 0.473. The maximum atomic E-state index is 5.71. The Morgan fingerprint density at radius 2 is 2.32 bits per heavy atom. The van der Waals surface area contributed by atoms with E-state index < -0.39 is 0 Å². The smallest absolute Gasteiger partial charge is 0.0777 e. The fourth-order valence-corrected chi connectivity index (χ4v) is 3.24. The minimum absolute atomic E-state index is 0.0540. The second kappa shape index (κ2) is 7.02. The lowest BCUT2D eigenvalue weighted by atomic mass is 9.95. The van der Waals surface area contributed by atoms with Gasteiger partial charge in [0.2, 0.25) is 0 Å². The standard InChI is InChI=1S/C15H30N2O2/c1-13(14-6-4-11-19-14)16-8-10-17-9-5-7-15(2,12-17)18-3/h13-14,16H,4-12H2,1-3H3. The Balaban J connectivity index is 1.64. The van der Waals surface area contributed by atoms with Crippen LogP contribution < -0.4 is 5.32 Å². The molecule has 2 aliphatic heterocycles. The van der Waals surface area contributed by atoms with Crippen LogP contribution in [0.15, 0.2) is 0 Å². The molecule has 0 aliphatic carbocycles. The van der Waals surface area contributed by atoms with Crippen molar-refractivity contribution in [3.63, 3.8) is 0 Å². The molecule has 0 spiro atoms. The highest BCUT2D eigenvalue weighted by atomic mass is 16.5. The highest BCUT2D eigenvalue weighted by Gasteiger charge is 2.30. The topological polar surface area (TPSA) is 33.7 Å². The average molecular weight is 270 g/mol. The van der Waals surface area contributed by atoms with E-state index in [1.165, 1.54) is 32.2 Å². The first kappa shape index (κ1) is 15.2. The lowest BCUT2D eigenvalue weighted by molar-refractivity contribution is -0.0505. The summed E-state index contributed by atoms with van der Waals surface area (Å²) in [7, 11) is 1.83. The van der Waals surface area contributed by atoms with Gasteiger partial charge in [0, 0.05) is 39.4 Å². The Morgan fingerprint density at radius 3 is 3.00 bits per heavy atom. The van der Waals surface area contributed by atoms with Crippen LogP contribution in [0.2, 0.25) is 0 Å². The Labute approximate surface area is 117 Å². The first-order valence-electron chi connectivity index (χ1n) is 7.75. The summed E-state index contributed by atoms with van der Waals surface area (Å²) in [6.45, 7) is 9.81. The van der Waals surface area contributed by atoms with Gasteiger partial charge in [0.05, 0.1) is 11.7 Å². The summed E-state index contributed by atoms with van der Waals surface area (Å²) < 4.78 is 11.3. The molecular weight excluding hydrogens is 240 g/mol. The third-order valence-electron chi connectivity index (χ3n) is 4.65. The molecule has 19 heavy (non-hydrogen) atoms. The van der Waals surface area contributed by atoms with Gasteiger partial charge in [-0.25, -0.2) is 0 Å². The number of hydrogen-bond acceptors (Lipinski definition) is 4. The zero-order valence-electron chi connectivity index (χ0n) is 12.8. The highest BCUT2D eigenvalue weighted by molar-refractivity contribution is 4.85. The summed E-state index contributed by atoms with van der Waals surface area (Å²) in [5, 5.41) is 3.61. The van der Waals surface area contributed by atoms with E-state index >= 15 is 0 Å². The molecule has 0 aromatic rings. The Bertz CT molecular complexity index is 269. The fourth-order valence-electron chi connectivity index (χ4n) is 3.24. The van der Waals surface area contributed by atoms with Gasteiger partial charge in [-0.1, -0.05) is 0 Å². The fraction of sp³-hybridized carbons (Fsp3) is 1.00. The number of hydrogen-bond donors (Lipinski definition) is 1. The molecule has 0 radical (unpaired) electrons. The van der Waals surface area contributed by atoms with Crippen molar-refractivity contribution in [2.75, 3.05) is 39.9 Å². The maximum absolute atomic E-state index is 5.71. The van der Waals surface area contributed by atoms with Crippen molar-refractivity contribution in [3.8, 4) is 0 Å². The molecule has 0 bridgehead atoms. The minimum Gasteiger partial charge on any atom is -0.377 e. The molecule has 2 fully saturated rings. The normalized spacial score (nSPS) is 34.6. The van der Waals surface area contributed by atoms with Crippen LogP contribution in [0.5, 0.6) is 0 Å². The minimum atomic E-state index is 0.0540. The van der Waals surface area contributed by atoms with E-state index in [1.54, 1.807) is 0 Å². The molecule has 0 amide bonds. The maximum Gasteiger partial charge on any atom is 0.0777 e. The zero-order chi connectivity index (χ0) is 13.7. The van der Waals surface area contributed by atoms with Crippen molar-refractivity contribution in [2.45, 2.75) is 57.3 Å². The van der Waals surface area contributed by atoms with E-state index in [9.17, 15) is 0 Å². The molecule has 112 valence electrons. The van der Waals surface area contributed by atoms with E-state index in [2.05, 4.69) is 24.1 Å². The zero-order valence-corrected chi connectivity index (χ0v) is 12.8. The van der Waals surface area contributed by atoms with Crippen molar-refractivity contribution in [1.29, 1.82) is 0 Å². The highest BCUT2D eigenvalue weighted by Crippen LogP contribution is 2.23. The molecule has 0 aromatic heterocycles. The summed E-state index contributed by atoms with van der Waals surface area (Å²) in [5.41, 5.74) is 0.0540. The van der Waals surface area contributed by atoms with Gasteiger partial charge in [-0.05, 0) is 46.1 Å². The number of nitrogens with zero attached hydrogens (tertiary/aromatic N) is 1. The van der Waals surface area contributed by atoms with Crippen molar-refractivity contribution in [3.05, 3.63) is 0 Å². The van der Waals surface area contributed by atoms with Crippen LogP contribution in [0.25, 0.3) is 0 Å². The molecule has 3 unspecified atom stereocenters. The van der Waals surface area contributed by atoms with Crippen molar-refractivity contribution in [1.82, 2.24) is 10.2 Å². The van der Waals surface area contributed by atoms with Gasteiger partial charge in [-0.3, -0.25) is 4.90 Å². The summed E-state index contributed by atoms with van der Waals surface area (Å²) in [6.07, 6.45) is 5.27. The average Bonchev–Trinajstić information content (AvgIpc) is 2.93. The van der Waals surface area contributed by atoms with Crippen molar-refractivity contribution < 1.29 is 9.47 Å². The number of ether oxygens (including phenoxy) is 2. The number of piperidine rings is 1. The quantitative estimate of drug-likeness (QED) is 0.795. The molecule has 2 heterocycles. The van der Waals surface area contributed by atoms with E-state index in [-0.39, 0.29) is 5.60 Å². The van der Waals surface area contributed by atoms with Crippen molar-refractivity contribution >= 4 is 0 Å². The van der Waals surface area contributed by atoms with Gasteiger partial charge in [-0.2, -0.15) is 0 Å². The van der Waals surface area contributed by atoms with Crippen LogP contribution >= 0.6 is 0 Å². The molecule has 3 atom stereocenters. The lowest BCUT2D eigenvalue weighted by Gasteiger charge is -2.39. The summed E-state index contributed by atoms with van der Waals surface area (Å²) in [5.74, 6) is 0. The van der Waals surface area contributed by atoms with Crippen LogP contribution in [-0.4, -0.2) is 62.5 Å². The molecule has 1 N–H and O–H groups in total. The summed E-state index contributed by atoms with van der Waals surface area (Å²) >= 11 is 0. The molecule has 4 heteroatoms. The van der Waals surface area contributed by atoms with E-state index in [1.807, 2.05) is 7.11 Å². The largest absolute Gasteiger partial charge is 0.377 e. The van der Waals surface area contributed by atoms with Crippen molar-refractivity contribution in [2.24, 2.45) is 0 Å². The van der Waals surface area contributed by atoms with E-state index in [0.29, 0.717) is 12.1 Å². The van der Waals surface area contributed by atoms with Gasteiger partial charge in [0.1, 0.15) is 0 Å². The van der Waals surface area contributed by atoms with Gasteiger partial charge in [0.25, 0.3) is 0 Å². The van der Waals surface area contributed by atoms with Gasteiger partial charge in [-0.15, -0.1) is 0 Å². The van der Waals surface area contributed by atoms with Gasteiger partial charge in [0.15, 0.2) is 0 Å². The van der Waals surface area contributed by atoms with Crippen LogP contribution in [0.1, 0.15) is 39.5 Å². The third-order valence-corrected chi connectivity index (χ3v) is 4.65. The number of rotatable bonds is 6. The molecule has 2 rings (SSSR count). The first-order chi connectivity index (χ1) is 9.13. The molecular formula is C15H30N2O2. The third kappa shape index (κ3) is 4.42. The second-order valence-corrected chi connectivity index (χ2v) is 6.33. The van der Waals surface area contributed by atoms with Crippen LogP contribution in [0.3, 0.4) is 0 Å². The predicted octanol–water partition coefficient (Wildman–Crippen LogP) is 1.64. The van der Waals surface area contributed by atoms with Crippen LogP contribution in [-0.2, 0) is 9.47 Å². The first-order valence-corrected chi connectivity index (χ1v) is 7.75. The van der Waals surface area contributed by atoms with Crippen LogP contribution in [0.4, 0.5) is 0 Å². The monoisotopic (exact) mass is 270 g/mol. The molecule has 4 nitrogen and oxygen atoms in total. The van der Waals surface area contributed by atoms with Gasteiger partial charge < -0.3 is 14.8 Å². The Morgan fingerprint density at radius 1 is 1.47 bits per heavy atom. The van der Waals surface area contributed by atoms with Crippen LogP contribution in [0, 0.1) is 0 Å². The number of likely N-dealkylation sites (tertiary alicyclic amines) is 1. The van der Waals surface area contributed by atoms with Gasteiger partial charge >= 0.3 is 0 Å². The SMILES string of the molecule is COC1(C)CCCN(CCNC(C)C2CCCO2)C1. The Kier molecular flexibility index (Phi) is 5.63. The predicted molar refractivity (Wildman–Crippen MR) is 77.5 cm³/mol. The summed E-state index contributed by atoms with van der Waals surface area (Å²) in [4.78, 5) is 2.52. The Hall–Kier alpha value is -0.160. The lowest BCUT2D eigenvalue weighted by Crippen LogP contribution is -2.50. The number of nitrogens with one attached hydrogen (secondary N) is 1. The van der Waals surface area contributed by atoms with E-state index in [4.69, 9.17) is 9.47 Å². The molecule has 0 saturated carbocycles. The molecule has 0 aromatic carbocycles. The second-order valence-electron chi connectivity index (χ2n) is 6.33. The molecule has 2 aliphatic rings. The number of methoxy groups -OCH3 is 1. The molecule has 2 saturated heterocycles.